The van der Waals surface area contributed by atoms with Gasteiger partial charge in [0, 0.05) is 12.2 Å². The lowest BCUT2D eigenvalue weighted by Gasteiger charge is -2.12. The first-order valence-corrected chi connectivity index (χ1v) is 5.65. The third-order valence-electron chi connectivity index (χ3n) is 2.57. The molecule has 0 fully saturated rings. The Labute approximate surface area is 92.3 Å². The molecule has 0 bridgehead atoms. The zero-order valence-corrected chi connectivity index (χ0v) is 9.83. The molecule has 1 atom stereocenters. The monoisotopic (exact) mass is 207 g/mol. The SMILES string of the molecule is CCC(O)CNc1cccc(C(C)C)c1. The summed E-state index contributed by atoms with van der Waals surface area (Å²) < 4.78 is 0. The van der Waals surface area contributed by atoms with Crippen molar-refractivity contribution < 1.29 is 5.11 Å². The van der Waals surface area contributed by atoms with Crippen LogP contribution in [0.5, 0.6) is 0 Å². The lowest BCUT2D eigenvalue weighted by atomic mass is 10.0. The average Bonchev–Trinajstić information content (AvgIpc) is 2.26. The van der Waals surface area contributed by atoms with E-state index in [-0.39, 0.29) is 6.10 Å². The first-order valence-electron chi connectivity index (χ1n) is 5.65. The summed E-state index contributed by atoms with van der Waals surface area (Å²) in [4.78, 5) is 0. The smallest absolute Gasteiger partial charge is 0.0709 e. The molecule has 0 saturated heterocycles. The number of hydrogen-bond acceptors (Lipinski definition) is 2. The van der Waals surface area contributed by atoms with E-state index in [1.165, 1.54) is 5.56 Å². The molecule has 2 N–H and O–H groups in total. The number of rotatable bonds is 5. The summed E-state index contributed by atoms with van der Waals surface area (Å²) >= 11 is 0. The predicted octanol–water partition coefficient (Wildman–Crippen LogP) is 2.99. The molecule has 1 aromatic carbocycles. The largest absolute Gasteiger partial charge is 0.391 e. The van der Waals surface area contributed by atoms with Crippen molar-refractivity contribution in [2.45, 2.75) is 39.2 Å². The van der Waals surface area contributed by atoms with E-state index < -0.39 is 0 Å². The van der Waals surface area contributed by atoms with Gasteiger partial charge in [-0.1, -0.05) is 32.9 Å². The number of nitrogens with one attached hydrogen (secondary N) is 1. The van der Waals surface area contributed by atoms with Crippen molar-refractivity contribution in [1.82, 2.24) is 0 Å². The summed E-state index contributed by atoms with van der Waals surface area (Å²) in [6.07, 6.45) is 0.532. The van der Waals surface area contributed by atoms with Gasteiger partial charge in [-0.2, -0.15) is 0 Å². The second-order valence-corrected chi connectivity index (χ2v) is 4.22. The van der Waals surface area contributed by atoms with Gasteiger partial charge in [-0.3, -0.25) is 0 Å². The first kappa shape index (κ1) is 12.1. The van der Waals surface area contributed by atoms with Crippen LogP contribution in [0.4, 0.5) is 5.69 Å². The Hall–Kier alpha value is -1.02. The highest BCUT2D eigenvalue weighted by Crippen LogP contribution is 2.18. The zero-order valence-electron chi connectivity index (χ0n) is 9.83. The molecular weight excluding hydrogens is 186 g/mol. The molecule has 2 heteroatoms. The molecule has 0 spiro atoms. The molecule has 0 aromatic heterocycles. The maximum atomic E-state index is 9.44. The number of benzene rings is 1. The van der Waals surface area contributed by atoms with Gasteiger partial charge >= 0.3 is 0 Å². The normalized spacial score (nSPS) is 12.9. The third-order valence-corrected chi connectivity index (χ3v) is 2.57. The van der Waals surface area contributed by atoms with Gasteiger partial charge in [-0.15, -0.1) is 0 Å². The van der Waals surface area contributed by atoms with Crippen LogP contribution in [0.15, 0.2) is 24.3 Å². The summed E-state index contributed by atoms with van der Waals surface area (Å²) in [5.74, 6) is 0.544. The van der Waals surface area contributed by atoms with Crippen LogP contribution in [-0.2, 0) is 0 Å². The van der Waals surface area contributed by atoms with Gasteiger partial charge in [-0.05, 0) is 30.0 Å². The molecule has 15 heavy (non-hydrogen) atoms. The lowest BCUT2D eigenvalue weighted by molar-refractivity contribution is 0.183. The van der Waals surface area contributed by atoms with Crippen molar-refractivity contribution in [1.29, 1.82) is 0 Å². The molecule has 1 rings (SSSR count). The molecule has 2 nitrogen and oxygen atoms in total. The van der Waals surface area contributed by atoms with Gasteiger partial charge < -0.3 is 10.4 Å². The van der Waals surface area contributed by atoms with Crippen LogP contribution < -0.4 is 5.32 Å². The van der Waals surface area contributed by atoms with E-state index in [1.807, 2.05) is 13.0 Å². The lowest BCUT2D eigenvalue weighted by Crippen LogP contribution is -2.18. The maximum absolute atomic E-state index is 9.44. The molecule has 0 radical (unpaired) electrons. The standard InChI is InChI=1S/C13H21NO/c1-4-13(15)9-14-12-7-5-6-11(8-12)10(2)3/h5-8,10,13-15H,4,9H2,1-3H3. The van der Waals surface area contributed by atoms with Crippen LogP contribution in [-0.4, -0.2) is 17.8 Å². The van der Waals surface area contributed by atoms with Gasteiger partial charge in [0.25, 0.3) is 0 Å². The molecule has 1 unspecified atom stereocenters. The molecule has 1 aromatic rings. The van der Waals surface area contributed by atoms with E-state index in [0.717, 1.165) is 12.1 Å². The summed E-state index contributed by atoms with van der Waals surface area (Å²) in [6.45, 7) is 6.97. The van der Waals surface area contributed by atoms with E-state index in [1.54, 1.807) is 0 Å². The third kappa shape index (κ3) is 3.92. The van der Waals surface area contributed by atoms with E-state index in [0.29, 0.717) is 12.5 Å². The Morgan fingerprint density at radius 3 is 2.67 bits per heavy atom. The molecule has 0 amide bonds. The van der Waals surface area contributed by atoms with Gasteiger partial charge in [0.2, 0.25) is 0 Å². The van der Waals surface area contributed by atoms with E-state index in [4.69, 9.17) is 0 Å². The first-order chi connectivity index (χ1) is 7.13. The quantitative estimate of drug-likeness (QED) is 0.778. The minimum Gasteiger partial charge on any atom is -0.391 e. The summed E-state index contributed by atoms with van der Waals surface area (Å²) in [5, 5.41) is 12.7. The maximum Gasteiger partial charge on any atom is 0.0709 e. The zero-order chi connectivity index (χ0) is 11.3. The van der Waals surface area contributed by atoms with Crippen LogP contribution in [0.3, 0.4) is 0 Å². The highest BCUT2D eigenvalue weighted by molar-refractivity contribution is 5.46. The van der Waals surface area contributed by atoms with Gasteiger partial charge in [0.15, 0.2) is 0 Å². The van der Waals surface area contributed by atoms with Crippen molar-refractivity contribution >= 4 is 5.69 Å². The van der Waals surface area contributed by atoms with E-state index >= 15 is 0 Å². The van der Waals surface area contributed by atoms with Crippen molar-refractivity contribution in [2.75, 3.05) is 11.9 Å². The second-order valence-electron chi connectivity index (χ2n) is 4.22. The number of aliphatic hydroxyl groups excluding tert-OH is 1. The predicted molar refractivity (Wildman–Crippen MR) is 65.3 cm³/mol. The van der Waals surface area contributed by atoms with Crippen LogP contribution in [0, 0.1) is 0 Å². The van der Waals surface area contributed by atoms with Crippen molar-refractivity contribution in [3.05, 3.63) is 29.8 Å². The minimum absolute atomic E-state index is 0.257. The number of hydrogen-bond donors (Lipinski definition) is 2. The Bertz CT molecular complexity index is 296. The summed E-state index contributed by atoms with van der Waals surface area (Å²) in [6, 6.07) is 8.36. The highest BCUT2D eigenvalue weighted by atomic mass is 16.3. The summed E-state index contributed by atoms with van der Waals surface area (Å²) in [5.41, 5.74) is 2.42. The van der Waals surface area contributed by atoms with Crippen molar-refractivity contribution in [3.8, 4) is 0 Å². The number of aliphatic hydroxyl groups is 1. The minimum atomic E-state index is -0.257. The fourth-order valence-corrected chi connectivity index (χ4v) is 1.39. The van der Waals surface area contributed by atoms with Crippen LogP contribution in [0.1, 0.15) is 38.7 Å². The Kier molecular flexibility index (Phi) is 4.63. The van der Waals surface area contributed by atoms with Gasteiger partial charge in [-0.25, -0.2) is 0 Å². The Morgan fingerprint density at radius 1 is 1.33 bits per heavy atom. The number of anilines is 1. The van der Waals surface area contributed by atoms with Crippen molar-refractivity contribution in [2.24, 2.45) is 0 Å². The van der Waals surface area contributed by atoms with Gasteiger partial charge in [0.1, 0.15) is 0 Å². The fourth-order valence-electron chi connectivity index (χ4n) is 1.39. The molecule has 0 aliphatic heterocycles. The molecule has 0 aliphatic rings. The van der Waals surface area contributed by atoms with E-state index in [2.05, 4.69) is 37.4 Å². The average molecular weight is 207 g/mol. The van der Waals surface area contributed by atoms with Gasteiger partial charge in [0.05, 0.1) is 6.10 Å². The molecule has 0 heterocycles. The van der Waals surface area contributed by atoms with Crippen LogP contribution in [0.2, 0.25) is 0 Å². The van der Waals surface area contributed by atoms with Crippen LogP contribution in [0.25, 0.3) is 0 Å². The van der Waals surface area contributed by atoms with Crippen molar-refractivity contribution in [3.63, 3.8) is 0 Å². The molecule has 84 valence electrons. The molecule has 0 aliphatic carbocycles. The van der Waals surface area contributed by atoms with Crippen LogP contribution >= 0.6 is 0 Å². The Morgan fingerprint density at radius 2 is 2.07 bits per heavy atom. The van der Waals surface area contributed by atoms with E-state index in [9.17, 15) is 5.11 Å². The summed E-state index contributed by atoms with van der Waals surface area (Å²) in [7, 11) is 0. The highest BCUT2D eigenvalue weighted by Gasteiger charge is 2.02. The topological polar surface area (TPSA) is 32.3 Å². The molecule has 0 saturated carbocycles. The fraction of sp³-hybridized carbons (Fsp3) is 0.538. The molecular formula is C13H21NO. The second kappa shape index (κ2) is 5.76. The Balaban J connectivity index is 2.58.